The van der Waals surface area contributed by atoms with Gasteiger partial charge in [-0.1, -0.05) is 6.07 Å². The molecule has 90 valence electrons. The van der Waals surface area contributed by atoms with Crippen molar-refractivity contribution >= 4 is 0 Å². The Kier molecular flexibility index (Phi) is 5.25. The summed E-state index contributed by atoms with van der Waals surface area (Å²) in [5.74, 6) is 6.13. The molecule has 0 aliphatic carbocycles. The number of benzene rings is 1. The summed E-state index contributed by atoms with van der Waals surface area (Å²) in [4.78, 5) is 0. The molecule has 1 rings (SSSR count). The van der Waals surface area contributed by atoms with Crippen LogP contribution in [-0.4, -0.2) is 20.3 Å². The van der Waals surface area contributed by atoms with E-state index >= 15 is 0 Å². The molecule has 0 amide bonds. The molecule has 4 heteroatoms. The first-order chi connectivity index (χ1) is 7.70. The fourth-order valence-electron chi connectivity index (χ4n) is 1.73. The maximum absolute atomic E-state index is 5.28. The molecule has 4 nitrogen and oxygen atoms in total. The lowest BCUT2D eigenvalue weighted by Crippen LogP contribution is -2.34. The van der Waals surface area contributed by atoms with E-state index in [1.54, 1.807) is 7.11 Å². The van der Waals surface area contributed by atoms with Gasteiger partial charge >= 0.3 is 0 Å². The fraction of sp³-hybridized carbons (Fsp3) is 0.500. The molecule has 16 heavy (non-hydrogen) atoms. The normalized spacial score (nSPS) is 10.5. The van der Waals surface area contributed by atoms with Crippen LogP contribution in [-0.2, 0) is 6.42 Å². The topological polar surface area (TPSA) is 59.3 Å². The highest BCUT2D eigenvalue weighted by Crippen LogP contribution is 2.23. The van der Waals surface area contributed by atoms with Crippen molar-refractivity contribution in [3.63, 3.8) is 0 Å². The molecule has 4 N–H and O–H groups in total. The van der Waals surface area contributed by atoms with Crippen molar-refractivity contribution in [3.8, 4) is 5.75 Å². The van der Waals surface area contributed by atoms with Gasteiger partial charge in [0.05, 0.1) is 13.8 Å². The largest absolute Gasteiger partial charge is 0.496 e. The second-order valence-corrected chi connectivity index (χ2v) is 3.81. The minimum absolute atomic E-state index is 0.633. The molecule has 0 aliphatic rings. The first kappa shape index (κ1) is 13.0. The molecule has 0 heterocycles. The molecule has 0 fully saturated rings. The van der Waals surface area contributed by atoms with Crippen LogP contribution in [0.25, 0.3) is 0 Å². The number of methoxy groups -OCH3 is 1. The number of nitrogens with one attached hydrogen (secondary N) is 2. The first-order valence-corrected chi connectivity index (χ1v) is 5.48. The molecule has 0 aliphatic heterocycles. The van der Waals surface area contributed by atoms with Crippen LogP contribution in [0.3, 0.4) is 0 Å². The Hall–Kier alpha value is -1.10. The van der Waals surface area contributed by atoms with Crippen molar-refractivity contribution in [1.82, 2.24) is 10.7 Å². The zero-order valence-electron chi connectivity index (χ0n) is 10.3. The third kappa shape index (κ3) is 3.20. The summed E-state index contributed by atoms with van der Waals surface area (Å²) < 4.78 is 5.28. The van der Waals surface area contributed by atoms with Crippen LogP contribution in [0.2, 0.25) is 0 Å². The van der Waals surface area contributed by atoms with E-state index in [-0.39, 0.29) is 0 Å². The molecule has 0 unspecified atom stereocenters. The molecule has 0 saturated heterocycles. The quantitative estimate of drug-likeness (QED) is 0.290. The maximum Gasteiger partial charge on any atom is 0.122 e. The lowest BCUT2D eigenvalue weighted by Gasteiger charge is -2.12. The second kappa shape index (κ2) is 6.48. The fourth-order valence-corrected chi connectivity index (χ4v) is 1.73. The number of rotatable bonds is 6. The Labute approximate surface area is 97.1 Å². The molecule has 0 saturated carbocycles. The van der Waals surface area contributed by atoms with Gasteiger partial charge in [0.2, 0.25) is 0 Å². The van der Waals surface area contributed by atoms with Gasteiger partial charge < -0.3 is 10.1 Å². The second-order valence-electron chi connectivity index (χ2n) is 3.81. The molecular weight excluding hydrogens is 202 g/mol. The van der Waals surface area contributed by atoms with Crippen molar-refractivity contribution in [3.05, 3.63) is 28.8 Å². The molecule has 0 atom stereocenters. The highest BCUT2D eigenvalue weighted by atomic mass is 16.5. The summed E-state index contributed by atoms with van der Waals surface area (Å²) in [6.45, 7) is 5.77. The number of ether oxygens (including phenoxy) is 1. The van der Waals surface area contributed by atoms with Gasteiger partial charge in [-0.3, -0.25) is 5.84 Å². The zero-order valence-corrected chi connectivity index (χ0v) is 10.3. The third-order valence-corrected chi connectivity index (χ3v) is 2.87. The molecule has 1 aromatic rings. The smallest absolute Gasteiger partial charge is 0.122 e. The predicted molar refractivity (Wildman–Crippen MR) is 66.4 cm³/mol. The zero-order chi connectivity index (χ0) is 12.0. The van der Waals surface area contributed by atoms with Crippen molar-refractivity contribution in [2.24, 2.45) is 5.84 Å². The SMILES string of the molecule is COc1ccc(CCNCNN)c(C)c1C. The van der Waals surface area contributed by atoms with Crippen molar-refractivity contribution in [1.29, 1.82) is 0 Å². The molecule has 1 aromatic carbocycles. The highest BCUT2D eigenvalue weighted by molar-refractivity contribution is 5.43. The molecule has 0 bridgehead atoms. The van der Waals surface area contributed by atoms with Crippen molar-refractivity contribution in [2.75, 3.05) is 20.3 Å². The summed E-state index contributed by atoms with van der Waals surface area (Å²) in [6, 6.07) is 4.15. The van der Waals surface area contributed by atoms with Crippen LogP contribution in [0.4, 0.5) is 0 Å². The van der Waals surface area contributed by atoms with E-state index in [1.165, 1.54) is 16.7 Å². The monoisotopic (exact) mass is 223 g/mol. The molecular formula is C12H21N3O. The van der Waals surface area contributed by atoms with E-state index in [4.69, 9.17) is 10.6 Å². The lowest BCUT2D eigenvalue weighted by molar-refractivity contribution is 0.411. The summed E-state index contributed by atoms with van der Waals surface area (Å²) in [5, 5.41) is 3.19. The van der Waals surface area contributed by atoms with Crippen LogP contribution < -0.4 is 21.3 Å². The Morgan fingerprint density at radius 2 is 2.00 bits per heavy atom. The molecule has 0 aromatic heterocycles. The van der Waals surface area contributed by atoms with Crippen LogP contribution in [0.1, 0.15) is 16.7 Å². The minimum Gasteiger partial charge on any atom is -0.496 e. The summed E-state index contributed by atoms with van der Waals surface area (Å²) in [7, 11) is 1.70. The van der Waals surface area contributed by atoms with Crippen LogP contribution in [0.5, 0.6) is 5.75 Å². The van der Waals surface area contributed by atoms with Crippen molar-refractivity contribution < 1.29 is 4.74 Å². The summed E-state index contributed by atoms with van der Waals surface area (Å²) in [6.07, 6.45) is 0.998. The van der Waals surface area contributed by atoms with Crippen LogP contribution >= 0.6 is 0 Å². The van der Waals surface area contributed by atoms with Gasteiger partial charge in [0, 0.05) is 6.54 Å². The third-order valence-electron chi connectivity index (χ3n) is 2.87. The van der Waals surface area contributed by atoms with Gasteiger partial charge in [-0.2, -0.15) is 0 Å². The Balaban J connectivity index is 2.64. The van der Waals surface area contributed by atoms with E-state index in [0.717, 1.165) is 18.7 Å². The van der Waals surface area contributed by atoms with Gasteiger partial charge in [-0.05, 0) is 43.0 Å². The van der Waals surface area contributed by atoms with Crippen molar-refractivity contribution in [2.45, 2.75) is 20.3 Å². The standard InChI is InChI=1S/C12H21N3O/c1-9-10(2)12(16-3)5-4-11(9)6-7-14-8-15-13/h4-5,14-15H,6-8,13H2,1-3H3. The first-order valence-electron chi connectivity index (χ1n) is 5.48. The summed E-state index contributed by atoms with van der Waals surface area (Å²) in [5.41, 5.74) is 6.44. The highest BCUT2D eigenvalue weighted by Gasteiger charge is 2.05. The number of hydrogen-bond acceptors (Lipinski definition) is 4. The Morgan fingerprint density at radius 3 is 2.62 bits per heavy atom. The minimum atomic E-state index is 0.633. The number of hydrogen-bond donors (Lipinski definition) is 3. The van der Waals surface area contributed by atoms with E-state index < -0.39 is 0 Å². The number of nitrogens with two attached hydrogens (primary N) is 1. The van der Waals surface area contributed by atoms with Gasteiger partial charge in [-0.15, -0.1) is 0 Å². The Morgan fingerprint density at radius 1 is 1.25 bits per heavy atom. The van der Waals surface area contributed by atoms with Crippen LogP contribution in [0, 0.1) is 13.8 Å². The van der Waals surface area contributed by atoms with E-state index in [9.17, 15) is 0 Å². The Bertz CT molecular complexity index is 339. The van der Waals surface area contributed by atoms with Gasteiger partial charge in [0.25, 0.3) is 0 Å². The summed E-state index contributed by atoms with van der Waals surface area (Å²) >= 11 is 0. The van der Waals surface area contributed by atoms with Crippen LogP contribution in [0.15, 0.2) is 12.1 Å². The average Bonchev–Trinajstić information content (AvgIpc) is 2.30. The number of hydrazine groups is 1. The van der Waals surface area contributed by atoms with E-state index in [2.05, 4.69) is 30.7 Å². The maximum atomic E-state index is 5.28. The van der Waals surface area contributed by atoms with E-state index in [1.807, 2.05) is 6.07 Å². The van der Waals surface area contributed by atoms with E-state index in [0.29, 0.717) is 6.67 Å². The molecule has 0 radical (unpaired) electrons. The lowest BCUT2D eigenvalue weighted by atomic mass is 10.00. The molecule has 0 spiro atoms. The predicted octanol–water partition coefficient (Wildman–Crippen LogP) is 0.865. The van der Waals surface area contributed by atoms with Gasteiger partial charge in [0.1, 0.15) is 5.75 Å². The van der Waals surface area contributed by atoms with Gasteiger partial charge in [0.15, 0.2) is 0 Å². The van der Waals surface area contributed by atoms with Gasteiger partial charge in [-0.25, -0.2) is 5.43 Å². The average molecular weight is 223 g/mol.